The number of aryl methyl sites for hydroxylation is 1. The predicted molar refractivity (Wildman–Crippen MR) is 85.9 cm³/mol. The quantitative estimate of drug-likeness (QED) is 0.889. The lowest BCUT2D eigenvalue weighted by atomic mass is 10.1. The number of aliphatic hydroxyl groups excluding tert-OH is 1. The molecule has 0 aliphatic heterocycles. The Balaban J connectivity index is 2.18. The van der Waals surface area contributed by atoms with E-state index in [1.807, 2.05) is 43.3 Å². The molecule has 21 heavy (non-hydrogen) atoms. The smallest absolute Gasteiger partial charge is 0.273 e. The molecule has 0 fully saturated rings. The molecule has 1 unspecified atom stereocenters. The average Bonchev–Trinajstić information content (AvgIpc) is 2.84. The number of methoxy groups -OCH3 is 1. The number of hydrogen-bond acceptors (Lipinski definition) is 5. The average molecular weight is 305 g/mol. The Morgan fingerprint density at radius 3 is 2.76 bits per heavy atom. The van der Waals surface area contributed by atoms with Crippen molar-refractivity contribution >= 4 is 23.5 Å². The molecule has 0 amide bonds. The van der Waals surface area contributed by atoms with E-state index in [0.717, 1.165) is 21.9 Å². The van der Waals surface area contributed by atoms with Gasteiger partial charge in [0, 0.05) is 10.4 Å². The van der Waals surface area contributed by atoms with Gasteiger partial charge < -0.3 is 14.6 Å². The normalized spacial score (nSPS) is 12.6. The Labute approximate surface area is 128 Å². The lowest BCUT2D eigenvalue weighted by molar-refractivity contribution is 0.122. The van der Waals surface area contributed by atoms with E-state index in [-0.39, 0.29) is 6.61 Å². The summed E-state index contributed by atoms with van der Waals surface area (Å²) in [6.07, 6.45) is 3.41. The first-order valence-corrected chi connectivity index (χ1v) is 7.51. The number of ether oxygens (including phenoxy) is 2. The monoisotopic (exact) mass is 305 g/mol. The number of rotatable bonds is 6. The Morgan fingerprint density at radius 1 is 1.33 bits per heavy atom. The number of nitrogens with zero attached hydrogens (tertiary/aromatic N) is 1. The van der Waals surface area contributed by atoms with Gasteiger partial charge in [0.15, 0.2) is 0 Å². The zero-order valence-electron chi connectivity index (χ0n) is 12.4. The van der Waals surface area contributed by atoms with Crippen LogP contribution in [0.1, 0.15) is 23.1 Å². The van der Waals surface area contributed by atoms with Crippen molar-refractivity contribution in [2.24, 2.45) is 0 Å². The first kappa shape index (κ1) is 15.5. The van der Waals surface area contributed by atoms with Crippen molar-refractivity contribution in [1.29, 1.82) is 0 Å². The van der Waals surface area contributed by atoms with E-state index < -0.39 is 6.10 Å². The summed E-state index contributed by atoms with van der Waals surface area (Å²) in [7, 11) is 1.62. The highest BCUT2D eigenvalue weighted by molar-refractivity contribution is 7.13. The molecule has 5 heteroatoms. The number of aromatic nitrogens is 1. The van der Waals surface area contributed by atoms with Crippen LogP contribution in [0, 0.1) is 6.92 Å². The molecule has 0 aliphatic carbocycles. The van der Waals surface area contributed by atoms with Crippen molar-refractivity contribution in [3.63, 3.8) is 0 Å². The van der Waals surface area contributed by atoms with Gasteiger partial charge in [0.2, 0.25) is 0 Å². The fraction of sp³-hybridized carbons (Fsp3) is 0.312. The maximum absolute atomic E-state index is 9.31. The predicted octanol–water partition coefficient (Wildman–Crippen LogP) is 3.39. The van der Waals surface area contributed by atoms with Crippen LogP contribution >= 0.6 is 11.3 Å². The van der Waals surface area contributed by atoms with Crippen LogP contribution in [-0.2, 0) is 0 Å². The molecule has 0 bridgehead atoms. The number of para-hydroxylation sites is 1. The van der Waals surface area contributed by atoms with Gasteiger partial charge in [-0.15, -0.1) is 0 Å². The van der Waals surface area contributed by atoms with Gasteiger partial charge >= 0.3 is 0 Å². The summed E-state index contributed by atoms with van der Waals surface area (Å²) in [5, 5.41) is 9.97. The Morgan fingerprint density at radius 2 is 2.10 bits per heavy atom. The van der Waals surface area contributed by atoms with Gasteiger partial charge in [-0.05, 0) is 32.1 Å². The third-order valence-corrected chi connectivity index (χ3v) is 3.76. The van der Waals surface area contributed by atoms with E-state index in [9.17, 15) is 5.11 Å². The molecule has 0 aliphatic rings. The first-order chi connectivity index (χ1) is 10.1. The molecule has 1 heterocycles. The lowest BCUT2D eigenvalue weighted by Gasteiger charge is -2.10. The van der Waals surface area contributed by atoms with E-state index in [2.05, 4.69) is 4.98 Å². The molecule has 1 N–H and O–H groups in total. The first-order valence-electron chi connectivity index (χ1n) is 6.69. The fourth-order valence-corrected chi connectivity index (χ4v) is 2.46. The van der Waals surface area contributed by atoms with Crippen molar-refractivity contribution in [1.82, 2.24) is 4.98 Å². The van der Waals surface area contributed by atoms with Crippen molar-refractivity contribution in [3.05, 3.63) is 40.4 Å². The van der Waals surface area contributed by atoms with Gasteiger partial charge in [0.05, 0.1) is 18.9 Å². The van der Waals surface area contributed by atoms with E-state index in [0.29, 0.717) is 5.19 Å². The van der Waals surface area contributed by atoms with E-state index in [4.69, 9.17) is 9.47 Å². The topological polar surface area (TPSA) is 51.6 Å². The van der Waals surface area contributed by atoms with E-state index in [1.165, 1.54) is 11.3 Å². The summed E-state index contributed by atoms with van der Waals surface area (Å²) >= 11 is 1.52. The summed E-state index contributed by atoms with van der Waals surface area (Å²) in [6.45, 7) is 3.98. The van der Waals surface area contributed by atoms with Gasteiger partial charge in [0.25, 0.3) is 5.19 Å². The molecule has 1 atom stereocenters. The summed E-state index contributed by atoms with van der Waals surface area (Å²) < 4.78 is 10.7. The van der Waals surface area contributed by atoms with Crippen LogP contribution < -0.4 is 9.47 Å². The zero-order chi connectivity index (χ0) is 15.2. The third-order valence-electron chi connectivity index (χ3n) is 2.81. The second-order valence-electron chi connectivity index (χ2n) is 4.66. The number of aliphatic hydroxyl groups is 1. The second-order valence-corrected chi connectivity index (χ2v) is 5.82. The molecular weight excluding hydrogens is 286 g/mol. The summed E-state index contributed by atoms with van der Waals surface area (Å²) in [4.78, 5) is 5.48. The van der Waals surface area contributed by atoms with Crippen LogP contribution in [0.15, 0.2) is 24.3 Å². The maximum atomic E-state index is 9.31. The minimum Gasteiger partial charge on any atom is -0.490 e. The SMILES string of the molecule is COc1nc(C=Cc2ccccc2OCC(C)O)c(C)s1. The number of hydrogen-bond donors (Lipinski definition) is 1. The lowest BCUT2D eigenvalue weighted by Crippen LogP contribution is -2.13. The zero-order valence-corrected chi connectivity index (χ0v) is 13.2. The fourth-order valence-electron chi connectivity index (χ4n) is 1.75. The minimum absolute atomic E-state index is 0.272. The van der Waals surface area contributed by atoms with Crippen LogP contribution in [0.2, 0.25) is 0 Å². The molecule has 1 aromatic carbocycles. The Hall–Kier alpha value is -1.85. The van der Waals surface area contributed by atoms with Crippen molar-refractivity contribution in [2.75, 3.05) is 13.7 Å². The largest absolute Gasteiger partial charge is 0.490 e. The van der Waals surface area contributed by atoms with Crippen LogP contribution in [0.4, 0.5) is 0 Å². The van der Waals surface area contributed by atoms with Gasteiger partial charge in [-0.3, -0.25) is 0 Å². The van der Waals surface area contributed by atoms with E-state index >= 15 is 0 Å². The highest BCUT2D eigenvalue weighted by Crippen LogP contribution is 2.26. The third kappa shape index (κ3) is 4.31. The Bertz CT molecular complexity index is 620. The van der Waals surface area contributed by atoms with Crippen LogP contribution in [0.3, 0.4) is 0 Å². The molecule has 2 aromatic rings. The summed E-state index contributed by atoms with van der Waals surface area (Å²) in [6, 6.07) is 7.71. The van der Waals surface area contributed by atoms with Crippen molar-refractivity contribution < 1.29 is 14.6 Å². The molecular formula is C16H19NO3S. The van der Waals surface area contributed by atoms with Gasteiger partial charge in [-0.1, -0.05) is 29.5 Å². The van der Waals surface area contributed by atoms with Crippen molar-refractivity contribution in [3.8, 4) is 10.9 Å². The molecule has 4 nitrogen and oxygen atoms in total. The molecule has 0 saturated carbocycles. The molecule has 0 spiro atoms. The minimum atomic E-state index is -0.493. The molecule has 2 rings (SSSR count). The van der Waals surface area contributed by atoms with Crippen LogP contribution in [0.5, 0.6) is 10.9 Å². The number of thiazole rings is 1. The summed E-state index contributed by atoms with van der Waals surface area (Å²) in [5.41, 5.74) is 1.84. The van der Waals surface area contributed by atoms with Crippen molar-refractivity contribution in [2.45, 2.75) is 20.0 Å². The van der Waals surface area contributed by atoms with Crippen LogP contribution in [0.25, 0.3) is 12.2 Å². The molecule has 0 radical (unpaired) electrons. The molecule has 0 saturated heterocycles. The standard InChI is InChI=1S/C16H19NO3S/c1-11(18)10-20-15-7-5-4-6-13(15)8-9-14-12(2)21-16(17-14)19-3/h4-9,11,18H,10H2,1-3H3. The van der Waals surface area contributed by atoms with Crippen LogP contribution in [-0.4, -0.2) is 29.9 Å². The molecule has 112 valence electrons. The highest BCUT2D eigenvalue weighted by Gasteiger charge is 2.06. The van der Waals surface area contributed by atoms with E-state index in [1.54, 1.807) is 14.0 Å². The highest BCUT2D eigenvalue weighted by atomic mass is 32.1. The summed E-state index contributed by atoms with van der Waals surface area (Å²) in [5.74, 6) is 0.745. The van der Waals surface area contributed by atoms with Gasteiger partial charge in [0.1, 0.15) is 12.4 Å². The maximum Gasteiger partial charge on any atom is 0.273 e. The molecule has 1 aromatic heterocycles. The van der Waals surface area contributed by atoms with Gasteiger partial charge in [-0.25, -0.2) is 4.98 Å². The second kappa shape index (κ2) is 7.24. The van der Waals surface area contributed by atoms with Gasteiger partial charge in [-0.2, -0.15) is 0 Å². The number of benzene rings is 1. The Kier molecular flexibility index (Phi) is 5.36.